The zero-order valence-corrected chi connectivity index (χ0v) is 6.67. The molecule has 1 fully saturated rings. The molecule has 1 heterocycles. The number of hydrogen-bond acceptors (Lipinski definition) is 2. The van der Waals surface area contributed by atoms with Gasteiger partial charge in [0.1, 0.15) is 6.04 Å². The second kappa shape index (κ2) is 2.76. The van der Waals surface area contributed by atoms with Crippen molar-refractivity contribution in [1.82, 2.24) is 4.31 Å². The minimum atomic E-state index is -0.473. The molecule has 1 saturated heterocycles. The van der Waals surface area contributed by atoms with Gasteiger partial charge in [-0.25, -0.2) is 4.31 Å². The summed E-state index contributed by atoms with van der Waals surface area (Å²) >= 11 is 4.90. The maximum absolute atomic E-state index is 5.17. The third-order valence-corrected chi connectivity index (χ3v) is 3.25. The van der Waals surface area contributed by atoms with Crippen LogP contribution in [0.5, 0.6) is 0 Å². The first kappa shape index (κ1) is 7.16. The van der Waals surface area contributed by atoms with E-state index in [9.17, 15) is 0 Å². The van der Waals surface area contributed by atoms with E-state index in [0.717, 1.165) is 0 Å². The molecule has 1 rings (SSSR count). The van der Waals surface area contributed by atoms with Crippen molar-refractivity contribution in [3.8, 4) is 12.3 Å². The molecule has 4 heteroatoms. The van der Waals surface area contributed by atoms with Crippen LogP contribution in [-0.2, 0) is 25.3 Å². The van der Waals surface area contributed by atoms with Gasteiger partial charge >= 0.3 is 0 Å². The smallest absolute Gasteiger partial charge is 0.107 e. The molecule has 0 aromatic carbocycles. The lowest BCUT2D eigenvalue weighted by molar-refractivity contribution is 0.373. The first-order valence-corrected chi connectivity index (χ1v) is 4.53. The first-order valence-electron chi connectivity index (χ1n) is 2.50. The summed E-state index contributed by atoms with van der Waals surface area (Å²) in [6.45, 7) is 0.583. The van der Waals surface area contributed by atoms with Crippen LogP contribution in [0.3, 0.4) is 0 Å². The molecule has 0 aliphatic carbocycles. The van der Waals surface area contributed by atoms with E-state index in [4.69, 9.17) is 21.8 Å². The van der Waals surface area contributed by atoms with E-state index >= 15 is 0 Å². The van der Waals surface area contributed by atoms with Gasteiger partial charge in [0.2, 0.25) is 0 Å². The molecule has 0 aromatic heterocycles. The lowest BCUT2D eigenvalue weighted by atomic mass is 10.3. The van der Waals surface area contributed by atoms with Crippen molar-refractivity contribution in [2.45, 2.75) is 6.04 Å². The van der Waals surface area contributed by atoms with Gasteiger partial charge in [0.25, 0.3) is 0 Å². The van der Waals surface area contributed by atoms with Crippen LogP contribution in [0, 0.1) is 12.3 Å². The highest BCUT2D eigenvalue weighted by molar-refractivity contribution is 8.25. The van der Waals surface area contributed by atoms with E-state index in [0.29, 0.717) is 6.61 Å². The molecule has 0 spiro atoms. The molecule has 50 valence electrons. The standard InChI is InChI=1S/C5H7NOS2/c1-3-5-4-7-9(8)6(5)2/h1,5H,4H2,2H3. The van der Waals surface area contributed by atoms with Crippen LogP contribution in [0.1, 0.15) is 0 Å². The predicted molar refractivity (Wildman–Crippen MR) is 41.1 cm³/mol. The Labute approximate surface area is 62.1 Å². The first-order chi connectivity index (χ1) is 4.25. The monoisotopic (exact) mass is 161 g/mol. The molecule has 0 N–H and O–H groups in total. The van der Waals surface area contributed by atoms with Crippen LogP contribution >= 0.6 is 0 Å². The summed E-state index contributed by atoms with van der Waals surface area (Å²) in [4.78, 5) is 0. The van der Waals surface area contributed by atoms with Gasteiger partial charge in [-0.05, 0) is 11.2 Å². The number of likely N-dealkylation sites (N-methyl/N-ethyl adjacent to an activating group) is 1. The van der Waals surface area contributed by atoms with E-state index in [1.165, 1.54) is 0 Å². The highest BCUT2D eigenvalue weighted by atomic mass is 32.8. The van der Waals surface area contributed by atoms with Gasteiger partial charge < -0.3 is 0 Å². The summed E-state index contributed by atoms with van der Waals surface area (Å²) in [7, 11) is 1.41. The van der Waals surface area contributed by atoms with Crippen LogP contribution in [0.2, 0.25) is 0 Å². The van der Waals surface area contributed by atoms with Crippen molar-refractivity contribution in [2.75, 3.05) is 13.7 Å². The average molecular weight is 161 g/mol. The summed E-state index contributed by atoms with van der Waals surface area (Å²) < 4.78 is 6.98. The average Bonchev–Trinajstić information content (AvgIpc) is 2.15. The van der Waals surface area contributed by atoms with Crippen molar-refractivity contribution in [1.29, 1.82) is 0 Å². The van der Waals surface area contributed by atoms with Crippen molar-refractivity contribution in [3.05, 3.63) is 0 Å². The Morgan fingerprint density at radius 3 is 2.89 bits per heavy atom. The zero-order valence-electron chi connectivity index (χ0n) is 5.03. The Bertz CT molecular complexity index is 174. The molecule has 2 nitrogen and oxygen atoms in total. The SMILES string of the molecule is C#CC1COS(=S)N1C. The second-order valence-electron chi connectivity index (χ2n) is 1.73. The summed E-state index contributed by atoms with van der Waals surface area (Å²) in [6, 6.07) is 0.0887. The number of hydrogen-bond donors (Lipinski definition) is 0. The Hall–Kier alpha value is 0.0500. The van der Waals surface area contributed by atoms with Crippen LogP contribution in [-0.4, -0.2) is 24.0 Å². The lowest BCUT2D eigenvalue weighted by Gasteiger charge is -2.08. The molecular weight excluding hydrogens is 154 g/mol. The molecule has 0 bridgehead atoms. The van der Waals surface area contributed by atoms with Crippen LogP contribution < -0.4 is 0 Å². The summed E-state index contributed by atoms with van der Waals surface area (Å²) in [5.74, 6) is 2.59. The number of terminal acetylenes is 1. The van der Waals surface area contributed by atoms with Crippen LogP contribution in [0.15, 0.2) is 0 Å². The number of rotatable bonds is 0. The van der Waals surface area contributed by atoms with Crippen molar-refractivity contribution >= 4 is 21.1 Å². The van der Waals surface area contributed by atoms with Gasteiger partial charge in [-0.1, -0.05) is 5.92 Å². The Balaban J connectivity index is 2.64. The lowest BCUT2D eigenvalue weighted by Crippen LogP contribution is -2.24. The Morgan fingerprint density at radius 1 is 2.00 bits per heavy atom. The molecule has 0 radical (unpaired) electrons. The van der Waals surface area contributed by atoms with E-state index < -0.39 is 9.92 Å². The van der Waals surface area contributed by atoms with Gasteiger partial charge in [-0.15, -0.1) is 6.42 Å². The fourth-order valence-electron chi connectivity index (χ4n) is 0.568. The molecule has 0 amide bonds. The molecule has 1 aliphatic heterocycles. The molecule has 2 atom stereocenters. The molecule has 0 aromatic rings. The fraction of sp³-hybridized carbons (Fsp3) is 0.600. The molecule has 9 heavy (non-hydrogen) atoms. The molecule has 2 unspecified atom stereocenters. The second-order valence-corrected chi connectivity index (χ2v) is 3.83. The Kier molecular flexibility index (Phi) is 2.19. The largest absolute Gasteiger partial charge is 0.297 e. The maximum atomic E-state index is 5.17. The predicted octanol–water partition coefficient (Wildman–Crippen LogP) is -0.140. The maximum Gasteiger partial charge on any atom is 0.107 e. The number of nitrogens with zero attached hydrogens (tertiary/aromatic N) is 1. The van der Waals surface area contributed by atoms with Crippen molar-refractivity contribution < 1.29 is 4.18 Å². The molecular formula is C5H7NOS2. The van der Waals surface area contributed by atoms with Crippen molar-refractivity contribution in [2.24, 2.45) is 0 Å². The third-order valence-electron chi connectivity index (χ3n) is 1.19. The minimum Gasteiger partial charge on any atom is -0.297 e. The molecule has 1 aliphatic rings. The van der Waals surface area contributed by atoms with E-state index in [-0.39, 0.29) is 6.04 Å². The summed E-state index contributed by atoms with van der Waals surface area (Å²) in [5.41, 5.74) is 0. The van der Waals surface area contributed by atoms with E-state index in [1.54, 1.807) is 0 Å². The van der Waals surface area contributed by atoms with Gasteiger partial charge in [0.15, 0.2) is 0 Å². The topological polar surface area (TPSA) is 12.5 Å². The highest BCUT2D eigenvalue weighted by Crippen LogP contribution is 2.10. The van der Waals surface area contributed by atoms with E-state index in [1.807, 2.05) is 11.4 Å². The van der Waals surface area contributed by atoms with Gasteiger partial charge in [-0.3, -0.25) is 4.18 Å². The summed E-state index contributed by atoms with van der Waals surface area (Å²) in [5, 5.41) is 0. The quantitative estimate of drug-likeness (QED) is 0.459. The normalized spacial score (nSPS) is 36.4. The minimum absolute atomic E-state index is 0.0887. The summed E-state index contributed by atoms with van der Waals surface area (Å²) in [6.07, 6.45) is 5.17. The molecule has 0 saturated carbocycles. The van der Waals surface area contributed by atoms with Crippen LogP contribution in [0.25, 0.3) is 0 Å². The van der Waals surface area contributed by atoms with E-state index in [2.05, 4.69) is 5.92 Å². The van der Waals surface area contributed by atoms with Gasteiger partial charge in [0.05, 0.1) is 16.5 Å². The van der Waals surface area contributed by atoms with Gasteiger partial charge in [0, 0.05) is 7.05 Å². The van der Waals surface area contributed by atoms with Crippen LogP contribution in [0.4, 0.5) is 0 Å². The zero-order chi connectivity index (χ0) is 6.85. The highest BCUT2D eigenvalue weighted by Gasteiger charge is 2.23. The van der Waals surface area contributed by atoms with Gasteiger partial charge in [-0.2, -0.15) is 0 Å². The Morgan fingerprint density at radius 2 is 2.67 bits per heavy atom. The van der Waals surface area contributed by atoms with Crippen molar-refractivity contribution in [3.63, 3.8) is 0 Å². The fourth-order valence-corrected chi connectivity index (χ4v) is 1.79. The third kappa shape index (κ3) is 1.30.